The lowest BCUT2D eigenvalue weighted by molar-refractivity contribution is -0.132. The fourth-order valence-corrected chi connectivity index (χ4v) is 4.12. The van der Waals surface area contributed by atoms with E-state index in [9.17, 15) is 23.2 Å². The summed E-state index contributed by atoms with van der Waals surface area (Å²) in [7, 11) is 0. The normalized spacial score (nSPS) is 17.5. The predicted molar refractivity (Wildman–Crippen MR) is 131 cm³/mol. The summed E-state index contributed by atoms with van der Waals surface area (Å²) in [6.45, 7) is 5.85. The first kappa shape index (κ1) is 27.1. The number of amides is 3. The highest BCUT2D eigenvalue weighted by Gasteiger charge is 2.44. The van der Waals surface area contributed by atoms with Gasteiger partial charge in [-0.15, -0.1) is 0 Å². The minimum atomic E-state index is -0.765. The zero-order valence-electron chi connectivity index (χ0n) is 20.9. The molecule has 1 fully saturated rings. The first-order valence-electron chi connectivity index (χ1n) is 12.0. The fraction of sp³-hybridized carbons (Fsp3) is 0.444. The van der Waals surface area contributed by atoms with Gasteiger partial charge in [-0.25, -0.2) is 13.6 Å². The van der Waals surface area contributed by atoms with Gasteiger partial charge in [0.15, 0.2) is 0 Å². The second-order valence-electron chi connectivity index (χ2n) is 9.94. The van der Waals surface area contributed by atoms with E-state index in [-0.39, 0.29) is 49.6 Å². The van der Waals surface area contributed by atoms with Gasteiger partial charge in [0.1, 0.15) is 17.2 Å². The lowest BCUT2D eigenvalue weighted by Crippen LogP contribution is -2.42. The average molecular weight is 502 g/mol. The van der Waals surface area contributed by atoms with Crippen LogP contribution in [0.3, 0.4) is 0 Å². The average Bonchev–Trinajstić information content (AvgIpc) is 3.24. The Labute approximate surface area is 210 Å². The molecule has 0 aliphatic carbocycles. The van der Waals surface area contributed by atoms with Gasteiger partial charge in [0, 0.05) is 26.2 Å². The van der Waals surface area contributed by atoms with E-state index < -0.39 is 23.5 Å². The van der Waals surface area contributed by atoms with Crippen LogP contribution in [0.2, 0.25) is 0 Å². The predicted octanol–water partition coefficient (Wildman–Crippen LogP) is 3.47. The molecule has 2 aromatic carbocycles. The van der Waals surface area contributed by atoms with Crippen LogP contribution in [-0.4, -0.2) is 54.6 Å². The van der Waals surface area contributed by atoms with E-state index in [4.69, 9.17) is 4.74 Å². The zero-order chi connectivity index (χ0) is 26.3. The van der Waals surface area contributed by atoms with Crippen molar-refractivity contribution >= 4 is 17.9 Å². The summed E-state index contributed by atoms with van der Waals surface area (Å²) in [6.07, 6.45) is 0.266. The summed E-state index contributed by atoms with van der Waals surface area (Å²) >= 11 is 0. The second kappa shape index (κ2) is 12.0. The van der Waals surface area contributed by atoms with E-state index in [1.807, 2.05) is 0 Å². The third kappa shape index (κ3) is 8.03. The molecule has 9 heteroatoms. The summed E-state index contributed by atoms with van der Waals surface area (Å²) in [4.78, 5) is 40.0. The number of rotatable bonds is 8. The largest absolute Gasteiger partial charge is 0.444 e. The van der Waals surface area contributed by atoms with Crippen molar-refractivity contribution in [2.24, 2.45) is 11.8 Å². The molecular weight excluding hydrogens is 468 g/mol. The number of carbonyl (C=O) groups excluding carboxylic acids is 3. The Morgan fingerprint density at radius 2 is 1.31 bits per heavy atom. The highest BCUT2D eigenvalue weighted by molar-refractivity contribution is 5.89. The first-order chi connectivity index (χ1) is 17.0. The van der Waals surface area contributed by atoms with Gasteiger partial charge in [-0.1, -0.05) is 24.3 Å². The van der Waals surface area contributed by atoms with Crippen LogP contribution in [0, 0.1) is 23.5 Å². The molecule has 0 saturated carbocycles. The number of ether oxygens (including phenoxy) is 1. The van der Waals surface area contributed by atoms with E-state index in [0.717, 1.165) is 11.1 Å². The van der Waals surface area contributed by atoms with Crippen molar-refractivity contribution in [2.75, 3.05) is 26.2 Å². The highest BCUT2D eigenvalue weighted by atomic mass is 19.1. The molecular formula is C27H33F2N3O4. The van der Waals surface area contributed by atoms with Gasteiger partial charge in [-0.2, -0.15) is 0 Å². The Morgan fingerprint density at radius 1 is 0.861 bits per heavy atom. The van der Waals surface area contributed by atoms with Crippen molar-refractivity contribution in [3.63, 3.8) is 0 Å². The quantitative estimate of drug-likeness (QED) is 0.580. The molecule has 2 atom stereocenters. The molecule has 0 bridgehead atoms. The molecule has 7 nitrogen and oxygen atoms in total. The van der Waals surface area contributed by atoms with Gasteiger partial charge in [-0.05, 0) is 69.0 Å². The molecule has 1 heterocycles. The first-order valence-corrected chi connectivity index (χ1v) is 12.0. The minimum absolute atomic E-state index is 0.0443. The SMILES string of the molecule is CC(C)(C)OC(=O)N1CC(C(=O)NCCc2cccc(F)c2)C(C(=O)NCCc2cccc(F)c2)C1. The molecule has 2 aromatic rings. The zero-order valence-corrected chi connectivity index (χ0v) is 20.9. The van der Waals surface area contributed by atoms with Gasteiger partial charge in [0.25, 0.3) is 0 Å². The maximum Gasteiger partial charge on any atom is 0.410 e. The summed E-state index contributed by atoms with van der Waals surface area (Å²) in [5.41, 5.74) is 0.762. The number of hydrogen-bond acceptors (Lipinski definition) is 4. The Morgan fingerprint density at radius 3 is 1.69 bits per heavy atom. The number of nitrogens with zero attached hydrogens (tertiary/aromatic N) is 1. The number of hydrogen-bond donors (Lipinski definition) is 2. The standard InChI is InChI=1S/C27H33F2N3O4/c1-27(2,3)36-26(35)32-16-22(24(33)30-12-10-18-6-4-8-20(28)14-18)23(17-32)25(34)31-13-11-19-7-5-9-21(29)15-19/h4-9,14-15,22-23H,10-13,16-17H2,1-3H3,(H,30,33)(H,31,34). The van der Waals surface area contributed by atoms with Crippen molar-refractivity contribution in [1.82, 2.24) is 15.5 Å². The van der Waals surface area contributed by atoms with Crippen LogP contribution in [0.5, 0.6) is 0 Å². The molecule has 36 heavy (non-hydrogen) atoms. The van der Waals surface area contributed by atoms with Crippen LogP contribution in [0.25, 0.3) is 0 Å². The van der Waals surface area contributed by atoms with Gasteiger partial charge >= 0.3 is 6.09 Å². The molecule has 194 valence electrons. The van der Waals surface area contributed by atoms with Crippen molar-refractivity contribution in [2.45, 2.75) is 39.2 Å². The molecule has 0 aromatic heterocycles. The summed E-state index contributed by atoms with van der Waals surface area (Å²) < 4.78 is 32.2. The molecule has 1 aliphatic heterocycles. The Kier molecular flexibility index (Phi) is 9.01. The number of nitrogens with one attached hydrogen (secondary N) is 2. The molecule has 1 saturated heterocycles. The fourth-order valence-electron chi connectivity index (χ4n) is 4.12. The maximum absolute atomic E-state index is 13.4. The van der Waals surface area contributed by atoms with Gasteiger partial charge < -0.3 is 20.3 Å². The molecule has 0 radical (unpaired) electrons. The third-order valence-electron chi connectivity index (χ3n) is 5.85. The van der Waals surface area contributed by atoms with Crippen LogP contribution >= 0.6 is 0 Å². The van der Waals surface area contributed by atoms with Crippen molar-refractivity contribution in [3.8, 4) is 0 Å². The molecule has 2 unspecified atom stereocenters. The maximum atomic E-state index is 13.4. The monoisotopic (exact) mass is 501 g/mol. The lowest BCUT2D eigenvalue weighted by Gasteiger charge is -2.24. The Balaban J connectivity index is 1.62. The van der Waals surface area contributed by atoms with Gasteiger partial charge in [-0.3, -0.25) is 9.59 Å². The van der Waals surface area contributed by atoms with E-state index in [1.165, 1.54) is 29.2 Å². The van der Waals surface area contributed by atoms with Crippen molar-refractivity contribution in [1.29, 1.82) is 0 Å². The molecule has 1 aliphatic rings. The number of benzene rings is 2. The van der Waals surface area contributed by atoms with Crippen molar-refractivity contribution in [3.05, 3.63) is 71.3 Å². The van der Waals surface area contributed by atoms with E-state index >= 15 is 0 Å². The Hall–Kier alpha value is -3.49. The van der Waals surface area contributed by atoms with Crippen LogP contribution < -0.4 is 10.6 Å². The minimum Gasteiger partial charge on any atom is -0.444 e. The Bertz CT molecular complexity index is 1020. The highest BCUT2D eigenvalue weighted by Crippen LogP contribution is 2.26. The van der Waals surface area contributed by atoms with Gasteiger partial charge in [0.05, 0.1) is 11.8 Å². The summed E-state index contributed by atoms with van der Waals surface area (Å²) in [5, 5.41) is 5.62. The lowest BCUT2D eigenvalue weighted by atomic mass is 9.94. The molecule has 3 rings (SSSR count). The second-order valence-corrected chi connectivity index (χ2v) is 9.94. The van der Waals surface area contributed by atoms with Crippen LogP contribution in [0.15, 0.2) is 48.5 Å². The van der Waals surface area contributed by atoms with E-state index in [0.29, 0.717) is 12.8 Å². The molecule has 2 N–H and O–H groups in total. The number of carbonyl (C=O) groups is 3. The number of likely N-dealkylation sites (tertiary alicyclic amines) is 1. The number of halogens is 2. The third-order valence-corrected chi connectivity index (χ3v) is 5.85. The topological polar surface area (TPSA) is 87.7 Å². The van der Waals surface area contributed by atoms with Crippen LogP contribution in [0.4, 0.5) is 13.6 Å². The van der Waals surface area contributed by atoms with Gasteiger partial charge in [0.2, 0.25) is 11.8 Å². The van der Waals surface area contributed by atoms with Crippen LogP contribution in [-0.2, 0) is 27.2 Å². The summed E-state index contributed by atoms with van der Waals surface area (Å²) in [5.74, 6) is -2.95. The summed E-state index contributed by atoms with van der Waals surface area (Å²) in [6, 6.07) is 12.3. The van der Waals surface area contributed by atoms with Crippen LogP contribution in [0.1, 0.15) is 31.9 Å². The molecule has 0 spiro atoms. The smallest absolute Gasteiger partial charge is 0.410 e. The van der Waals surface area contributed by atoms with E-state index in [2.05, 4.69) is 10.6 Å². The van der Waals surface area contributed by atoms with E-state index in [1.54, 1.807) is 45.0 Å². The van der Waals surface area contributed by atoms with Crippen molar-refractivity contribution < 1.29 is 27.9 Å². The molecule has 3 amide bonds.